The summed E-state index contributed by atoms with van der Waals surface area (Å²) in [5.74, 6) is 0.783. The van der Waals surface area contributed by atoms with E-state index in [0.29, 0.717) is 0 Å². The fourth-order valence-corrected chi connectivity index (χ4v) is 2.74. The summed E-state index contributed by atoms with van der Waals surface area (Å²) < 4.78 is 5.93. The first-order valence-corrected chi connectivity index (χ1v) is 6.80. The number of fused-ring (bicyclic) bond motifs is 3. The lowest BCUT2D eigenvalue weighted by molar-refractivity contribution is -0.116. The van der Waals surface area contributed by atoms with Crippen LogP contribution in [0.5, 0.6) is 0 Å². The first kappa shape index (κ1) is 12.1. The molecular weight excluding hydrogens is 240 g/mol. The predicted molar refractivity (Wildman–Crippen MR) is 75.2 cm³/mol. The largest absolute Gasteiger partial charge is 0.461 e. The first-order chi connectivity index (χ1) is 9.24. The number of aryl methyl sites for hydroxylation is 2. The number of amides is 1. The van der Waals surface area contributed by atoms with Crippen LogP contribution in [0.1, 0.15) is 30.6 Å². The Morgan fingerprint density at radius 3 is 2.95 bits per heavy atom. The van der Waals surface area contributed by atoms with E-state index in [9.17, 15) is 4.79 Å². The molecule has 0 unspecified atom stereocenters. The maximum absolute atomic E-state index is 10.8. The number of hydrogen-bond donors (Lipinski definition) is 2. The minimum atomic E-state index is -0.355. The highest BCUT2D eigenvalue weighted by Gasteiger charge is 2.16. The quantitative estimate of drug-likeness (QED) is 0.831. The third kappa shape index (κ3) is 2.43. The second-order valence-electron chi connectivity index (χ2n) is 5.10. The summed E-state index contributed by atoms with van der Waals surface area (Å²) in [6.45, 7) is 0.158. The van der Waals surface area contributed by atoms with E-state index >= 15 is 0 Å². The van der Waals surface area contributed by atoms with Crippen LogP contribution >= 0.6 is 0 Å². The van der Waals surface area contributed by atoms with E-state index in [1.807, 2.05) is 12.1 Å². The molecule has 1 aromatic heterocycles. The molecule has 4 heteroatoms. The summed E-state index contributed by atoms with van der Waals surface area (Å²) in [6.07, 6.45) is 5.82. The van der Waals surface area contributed by atoms with Crippen molar-refractivity contribution >= 4 is 22.6 Å². The van der Waals surface area contributed by atoms with Crippen molar-refractivity contribution in [2.75, 3.05) is 11.9 Å². The Morgan fingerprint density at radius 2 is 2.11 bits per heavy atom. The molecule has 0 spiro atoms. The molecule has 0 fully saturated rings. The molecule has 0 atom stereocenters. The van der Waals surface area contributed by atoms with Gasteiger partial charge in [0.2, 0.25) is 5.91 Å². The minimum Gasteiger partial charge on any atom is -0.461 e. The van der Waals surface area contributed by atoms with E-state index in [0.717, 1.165) is 29.9 Å². The maximum atomic E-state index is 10.8. The van der Waals surface area contributed by atoms with Crippen molar-refractivity contribution in [1.29, 1.82) is 0 Å². The zero-order chi connectivity index (χ0) is 13.2. The number of benzene rings is 1. The maximum Gasteiger partial charge on any atom is 0.236 e. The van der Waals surface area contributed by atoms with Crippen LogP contribution in [0.4, 0.5) is 5.69 Å². The smallest absolute Gasteiger partial charge is 0.236 e. The second-order valence-corrected chi connectivity index (χ2v) is 5.10. The monoisotopic (exact) mass is 258 g/mol. The van der Waals surface area contributed by atoms with Gasteiger partial charge in [0.25, 0.3) is 0 Å². The molecule has 19 heavy (non-hydrogen) atoms. The summed E-state index contributed by atoms with van der Waals surface area (Å²) in [6, 6.07) is 5.95. The van der Waals surface area contributed by atoms with Gasteiger partial charge in [-0.2, -0.15) is 0 Å². The Morgan fingerprint density at radius 1 is 1.26 bits per heavy atom. The number of nitrogens with two attached hydrogens (primary N) is 1. The van der Waals surface area contributed by atoms with Gasteiger partial charge >= 0.3 is 0 Å². The van der Waals surface area contributed by atoms with Gasteiger partial charge in [0.15, 0.2) is 0 Å². The lowest BCUT2D eigenvalue weighted by Gasteiger charge is -2.04. The minimum absolute atomic E-state index is 0.158. The van der Waals surface area contributed by atoms with Gasteiger partial charge in [-0.05, 0) is 37.5 Å². The van der Waals surface area contributed by atoms with E-state index in [2.05, 4.69) is 11.4 Å². The van der Waals surface area contributed by atoms with E-state index in [4.69, 9.17) is 10.2 Å². The summed E-state index contributed by atoms with van der Waals surface area (Å²) in [5, 5.41) is 4.20. The molecule has 3 rings (SSSR count). The molecule has 0 saturated heterocycles. The van der Waals surface area contributed by atoms with E-state index < -0.39 is 0 Å². The van der Waals surface area contributed by atoms with Crippen LogP contribution in [0, 0.1) is 0 Å². The predicted octanol–water partition coefficient (Wildman–Crippen LogP) is 2.60. The highest BCUT2D eigenvalue weighted by molar-refractivity contribution is 5.87. The fourth-order valence-electron chi connectivity index (χ4n) is 2.74. The Labute approximate surface area is 112 Å². The number of anilines is 1. The lowest BCUT2D eigenvalue weighted by atomic mass is 10.1. The molecule has 1 amide bonds. The lowest BCUT2D eigenvalue weighted by Crippen LogP contribution is -2.21. The molecule has 0 saturated carbocycles. The SMILES string of the molecule is NC(=O)CNc1ccc2oc3c(c2c1)CCCCC3. The highest BCUT2D eigenvalue weighted by atomic mass is 16.3. The Hall–Kier alpha value is -1.97. The molecule has 2 aromatic rings. The number of primary amides is 1. The molecule has 1 heterocycles. The van der Waals surface area contributed by atoms with Crippen LogP contribution in [0.3, 0.4) is 0 Å². The highest BCUT2D eigenvalue weighted by Crippen LogP contribution is 2.32. The van der Waals surface area contributed by atoms with Crippen molar-refractivity contribution in [3.05, 3.63) is 29.5 Å². The van der Waals surface area contributed by atoms with Crippen molar-refractivity contribution in [2.24, 2.45) is 5.73 Å². The Kier molecular flexibility index (Phi) is 3.15. The summed E-state index contributed by atoms with van der Waals surface area (Å²) >= 11 is 0. The van der Waals surface area contributed by atoms with Gasteiger partial charge in [0, 0.05) is 23.1 Å². The molecule has 1 aromatic carbocycles. The molecule has 100 valence electrons. The number of nitrogens with one attached hydrogen (secondary N) is 1. The zero-order valence-electron chi connectivity index (χ0n) is 10.9. The Balaban J connectivity index is 1.96. The zero-order valence-corrected chi connectivity index (χ0v) is 10.9. The number of rotatable bonds is 3. The first-order valence-electron chi connectivity index (χ1n) is 6.80. The number of furan rings is 1. The van der Waals surface area contributed by atoms with E-state index in [-0.39, 0.29) is 12.5 Å². The standard InChI is InChI=1S/C15H18N2O2/c16-15(18)9-17-10-6-7-14-12(8-10)11-4-2-1-3-5-13(11)19-14/h6-8,17H,1-5,9H2,(H2,16,18). The van der Waals surface area contributed by atoms with Gasteiger partial charge in [-0.3, -0.25) is 4.79 Å². The number of carbonyl (C=O) groups excluding carboxylic acids is 1. The molecule has 0 bridgehead atoms. The average Bonchev–Trinajstić information content (AvgIpc) is 2.58. The van der Waals surface area contributed by atoms with Gasteiger partial charge in [-0.15, -0.1) is 0 Å². The third-order valence-corrected chi connectivity index (χ3v) is 3.67. The summed E-state index contributed by atoms with van der Waals surface area (Å²) in [7, 11) is 0. The van der Waals surface area contributed by atoms with Crippen LogP contribution in [-0.2, 0) is 17.6 Å². The molecule has 1 aliphatic carbocycles. The van der Waals surface area contributed by atoms with Crippen LogP contribution in [0.25, 0.3) is 11.0 Å². The van der Waals surface area contributed by atoms with Crippen molar-refractivity contribution in [2.45, 2.75) is 32.1 Å². The van der Waals surface area contributed by atoms with Gasteiger partial charge in [-0.25, -0.2) is 0 Å². The van der Waals surface area contributed by atoms with Crippen LogP contribution in [-0.4, -0.2) is 12.5 Å². The van der Waals surface area contributed by atoms with Crippen molar-refractivity contribution in [3.63, 3.8) is 0 Å². The van der Waals surface area contributed by atoms with Gasteiger partial charge in [0.1, 0.15) is 11.3 Å². The van der Waals surface area contributed by atoms with Gasteiger partial charge in [-0.1, -0.05) is 6.42 Å². The van der Waals surface area contributed by atoms with E-state index in [1.54, 1.807) is 0 Å². The molecule has 3 N–H and O–H groups in total. The average molecular weight is 258 g/mol. The molecule has 4 nitrogen and oxygen atoms in total. The van der Waals surface area contributed by atoms with Crippen LogP contribution in [0.2, 0.25) is 0 Å². The van der Waals surface area contributed by atoms with E-state index in [1.165, 1.54) is 30.2 Å². The third-order valence-electron chi connectivity index (χ3n) is 3.67. The number of hydrogen-bond acceptors (Lipinski definition) is 3. The van der Waals surface area contributed by atoms with Gasteiger partial charge < -0.3 is 15.5 Å². The van der Waals surface area contributed by atoms with Crippen molar-refractivity contribution in [1.82, 2.24) is 0 Å². The van der Waals surface area contributed by atoms with Crippen LogP contribution < -0.4 is 11.1 Å². The second kappa shape index (κ2) is 4.96. The topological polar surface area (TPSA) is 68.3 Å². The molecular formula is C15H18N2O2. The van der Waals surface area contributed by atoms with Crippen LogP contribution in [0.15, 0.2) is 22.6 Å². The number of carbonyl (C=O) groups is 1. The Bertz CT molecular complexity index is 616. The normalized spacial score (nSPS) is 14.9. The summed E-state index contributed by atoms with van der Waals surface area (Å²) in [5.41, 5.74) is 8.34. The van der Waals surface area contributed by atoms with Crippen molar-refractivity contribution in [3.8, 4) is 0 Å². The summed E-state index contributed by atoms with van der Waals surface area (Å²) in [4.78, 5) is 10.8. The molecule has 1 aliphatic rings. The fraction of sp³-hybridized carbons (Fsp3) is 0.400. The molecule has 0 radical (unpaired) electrons. The van der Waals surface area contributed by atoms with Crippen molar-refractivity contribution < 1.29 is 9.21 Å². The van der Waals surface area contributed by atoms with Gasteiger partial charge in [0.05, 0.1) is 6.54 Å². The molecule has 0 aliphatic heterocycles.